The SMILES string of the molecule is CCCNC(CS(=O)CC1CCCO1)C1CCOC1. The molecular formula is C14H27NO3S. The Morgan fingerprint density at radius 1 is 1.37 bits per heavy atom. The number of ether oxygens (including phenoxy) is 2. The van der Waals surface area contributed by atoms with Gasteiger partial charge in [-0.2, -0.15) is 0 Å². The van der Waals surface area contributed by atoms with E-state index in [1.807, 2.05) is 0 Å². The molecule has 2 fully saturated rings. The maximum absolute atomic E-state index is 12.3. The molecule has 2 heterocycles. The standard InChI is InChI=1S/C14H27NO3S/c1-2-6-15-14(12-5-8-17-9-12)11-19(16)10-13-4-3-7-18-13/h12-15H,2-11H2,1H3. The van der Waals surface area contributed by atoms with Crippen molar-refractivity contribution in [1.82, 2.24) is 5.32 Å². The van der Waals surface area contributed by atoms with E-state index in [9.17, 15) is 4.21 Å². The fourth-order valence-corrected chi connectivity index (χ4v) is 4.42. The first-order chi connectivity index (χ1) is 9.29. The molecule has 0 radical (unpaired) electrons. The zero-order valence-electron chi connectivity index (χ0n) is 11.9. The zero-order chi connectivity index (χ0) is 13.5. The van der Waals surface area contributed by atoms with E-state index < -0.39 is 10.8 Å². The van der Waals surface area contributed by atoms with Crippen LogP contribution in [0.5, 0.6) is 0 Å². The Hall–Kier alpha value is 0.0300. The first-order valence-corrected chi connectivity index (χ1v) is 9.06. The molecule has 2 aliphatic heterocycles. The van der Waals surface area contributed by atoms with Crippen LogP contribution >= 0.6 is 0 Å². The van der Waals surface area contributed by atoms with Crippen LogP contribution in [0.15, 0.2) is 0 Å². The zero-order valence-corrected chi connectivity index (χ0v) is 12.8. The summed E-state index contributed by atoms with van der Waals surface area (Å²) in [5.41, 5.74) is 0. The first kappa shape index (κ1) is 15.4. The minimum atomic E-state index is -0.782. The lowest BCUT2D eigenvalue weighted by molar-refractivity contribution is 0.128. The molecule has 2 rings (SSSR count). The van der Waals surface area contributed by atoms with Crippen LogP contribution < -0.4 is 5.32 Å². The van der Waals surface area contributed by atoms with E-state index in [2.05, 4.69) is 12.2 Å². The minimum Gasteiger partial charge on any atom is -0.381 e. The van der Waals surface area contributed by atoms with Gasteiger partial charge in [-0.15, -0.1) is 0 Å². The summed E-state index contributed by atoms with van der Waals surface area (Å²) >= 11 is 0. The molecule has 0 aliphatic carbocycles. The van der Waals surface area contributed by atoms with Gasteiger partial charge in [-0.1, -0.05) is 6.92 Å². The maximum Gasteiger partial charge on any atom is 0.0691 e. The Labute approximate surface area is 119 Å². The monoisotopic (exact) mass is 289 g/mol. The molecule has 112 valence electrons. The van der Waals surface area contributed by atoms with Gasteiger partial charge in [0.05, 0.1) is 12.7 Å². The molecule has 4 unspecified atom stereocenters. The molecule has 0 saturated carbocycles. The largest absolute Gasteiger partial charge is 0.381 e. The van der Waals surface area contributed by atoms with Gasteiger partial charge >= 0.3 is 0 Å². The Kier molecular flexibility index (Phi) is 6.77. The Morgan fingerprint density at radius 3 is 2.89 bits per heavy atom. The molecular weight excluding hydrogens is 262 g/mol. The van der Waals surface area contributed by atoms with Gasteiger partial charge in [0.2, 0.25) is 0 Å². The van der Waals surface area contributed by atoms with Crippen molar-refractivity contribution in [3.8, 4) is 0 Å². The van der Waals surface area contributed by atoms with Crippen molar-refractivity contribution in [2.45, 2.75) is 44.8 Å². The van der Waals surface area contributed by atoms with Crippen LogP contribution in [0.1, 0.15) is 32.6 Å². The van der Waals surface area contributed by atoms with E-state index in [1.54, 1.807) is 0 Å². The van der Waals surface area contributed by atoms with Crippen molar-refractivity contribution in [3.05, 3.63) is 0 Å². The number of rotatable bonds is 8. The predicted molar refractivity (Wildman–Crippen MR) is 77.9 cm³/mol. The van der Waals surface area contributed by atoms with Crippen molar-refractivity contribution in [2.24, 2.45) is 5.92 Å². The highest BCUT2D eigenvalue weighted by Gasteiger charge is 2.28. The van der Waals surface area contributed by atoms with Crippen LogP contribution in [-0.2, 0) is 20.3 Å². The van der Waals surface area contributed by atoms with E-state index in [0.717, 1.165) is 57.8 Å². The third kappa shape index (κ3) is 5.14. The maximum atomic E-state index is 12.3. The van der Waals surface area contributed by atoms with E-state index >= 15 is 0 Å². The van der Waals surface area contributed by atoms with Gasteiger partial charge in [0, 0.05) is 47.5 Å². The van der Waals surface area contributed by atoms with Crippen LogP contribution in [0.2, 0.25) is 0 Å². The number of hydrogen-bond donors (Lipinski definition) is 1. The van der Waals surface area contributed by atoms with Crippen molar-refractivity contribution < 1.29 is 13.7 Å². The highest BCUT2D eigenvalue weighted by molar-refractivity contribution is 7.85. The third-order valence-corrected chi connectivity index (χ3v) is 5.43. The number of nitrogens with one attached hydrogen (secondary N) is 1. The average molecular weight is 289 g/mol. The molecule has 0 aromatic heterocycles. The van der Waals surface area contributed by atoms with Crippen LogP contribution in [0, 0.1) is 5.92 Å². The summed E-state index contributed by atoms with van der Waals surface area (Å²) in [4.78, 5) is 0. The molecule has 19 heavy (non-hydrogen) atoms. The molecule has 0 aromatic rings. The quantitative estimate of drug-likeness (QED) is 0.732. The summed E-state index contributed by atoms with van der Waals surface area (Å²) in [7, 11) is -0.782. The Balaban J connectivity index is 1.77. The molecule has 0 spiro atoms. The second-order valence-corrected chi connectivity index (χ2v) is 7.14. The van der Waals surface area contributed by atoms with Gasteiger partial charge in [0.25, 0.3) is 0 Å². The average Bonchev–Trinajstić information content (AvgIpc) is 3.06. The van der Waals surface area contributed by atoms with Crippen LogP contribution in [0.3, 0.4) is 0 Å². The van der Waals surface area contributed by atoms with Gasteiger partial charge in [0.1, 0.15) is 0 Å². The van der Waals surface area contributed by atoms with Gasteiger partial charge < -0.3 is 14.8 Å². The molecule has 0 bridgehead atoms. The molecule has 4 atom stereocenters. The van der Waals surface area contributed by atoms with Crippen LogP contribution in [-0.4, -0.2) is 54.2 Å². The molecule has 2 aliphatic rings. The molecule has 0 amide bonds. The topological polar surface area (TPSA) is 47.6 Å². The molecule has 0 aromatic carbocycles. The second kappa shape index (κ2) is 8.35. The first-order valence-electron chi connectivity index (χ1n) is 7.57. The van der Waals surface area contributed by atoms with Gasteiger partial charge in [0.15, 0.2) is 0 Å². The van der Waals surface area contributed by atoms with Crippen molar-refractivity contribution in [1.29, 1.82) is 0 Å². The Morgan fingerprint density at radius 2 is 2.26 bits per heavy atom. The van der Waals surface area contributed by atoms with E-state index in [0.29, 0.717) is 17.7 Å². The van der Waals surface area contributed by atoms with Crippen LogP contribution in [0.25, 0.3) is 0 Å². The van der Waals surface area contributed by atoms with Crippen molar-refractivity contribution in [3.63, 3.8) is 0 Å². The van der Waals surface area contributed by atoms with Crippen molar-refractivity contribution in [2.75, 3.05) is 37.9 Å². The fraction of sp³-hybridized carbons (Fsp3) is 1.00. The van der Waals surface area contributed by atoms with Gasteiger partial charge in [-0.25, -0.2) is 0 Å². The highest BCUT2D eigenvalue weighted by atomic mass is 32.2. The van der Waals surface area contributed by atoms with E-state index in [-0.39, 0.29) is 6.10 Å². The van der Waals surface area contributed by atoms with Gasteiger partial charge in [-0.05, 0) is 32.2 Å². The van der Waals surface area contributed by atoms with Crippen LogP contribution in [0.4, 0.5) is 0 Å². The smallest absolute Gasteiger partial charge is 0.0691 e. The van der Waals surface area contributed by atoms with Gasteiger partial charge in [-0.3, -0.25) is 4.21 Å². The molecule has 4 nitrogen and oxygen atoms in total. The highest BCUT2D eigenvalue weighted by Crippen LogP contribution is 2.19. The number of hydrogen-bond acceptors (Lipinski definition) is 4. The minimum absolute atomic E-state index is 0.229. The van der Waals surface area contributed by atoms with Crippen molar-refractivity contribution >= 4 is 10.8 Å². The molecule has 2 saturated heterocycles. The van der Waals surface area contributed by atoms with E-state index in [4.69, 9.17) is 9.47 Å². The summed E-state index contributed by atoms with van der Waals surface area (Å²) in [6, 6.07) is 0.338. The second-order valence-electron chi connectivity index (χ2n) is 5.59. The summed E-state index contributed by atoms with van der Waals surface area (Å²) in [6.45, 7) is 5.68. The summed E-state index contributed by atoms with van der Waals surface area (Å²) in [5, 5.41) is 3.55. The predicted octanol–water partition coefficient (Wildman–Crippen LogP) is 1.32. The fourth-order valence-electron chi connectivity index (χ4n) is 2.81. The Bertz CT molecular complexity index is 276. The third-order valence-electron chi connectivity index (χ3n) is 3.95. The lowest BCUT2D eigenvalue weighted by Crippen LogP contribution is -2.42. The lowest BCUT2D eigenvalue weighted by Gasteiger charge is -2.24. The summed E-state index contributed by atoms with van der Waals surface area (Å²) < 4.78 is 23.3. The lowest BCUT2D eigenvalue weighted by atomic mass is 10.0. The normalized spacial score (nSPS) is 30.6. The van der Waals surface area contributed by atoms with E-state index in [1.165, 1.54) is 0 Å². The molecule has 1 N–H and O–H groups in total. The summed E-state index contributed by atoms with van der Waals surface area (Å²) in [5.74, 6) is 1.98. The molecule has 5 heteroatoms. The summed E-state index contributed by atoms with van der Waals surface area (Å²) in [6.07, 6.45) is 4.63.